The lowest BCUT2D eigenvalue weighted by Gasteiger charge is -2.21. The molecule has 0 heterocycles. The smallest absolute Gasteiger partial charge is 0.0443 e. The number of halogens is 1. The van der Waals surface area contributed by atoms with E-state index in [1.807, 2.05) is 0 Å². The predicted molar refractivity (Wildman–Crippen MR) is 66.0 cm³/mol. The molecule has 0 amide bonds. The van der Waals surface area contributed by atoms with Crippen molar-refractivity contribution in [1.29, 1.82) is 0 Å². The molecule has 0 saturated carbocycles. The molecule has 0 spiro atoms. The maximum absolute atomic E-state index is 8.74. The molecule has 0 aromatic carbocycles. The fourth-order valence-corrected chi connectivity index (χ4v) is 2.24. The van der Waals surface area contributed by atoms with E-state index >= 15 is 0 Å². The lowest BCUT2D eigenvalue weighted by atomic mass is 10.1. The summed E-state index contributed by atoms with van der Waals surface area (Å²) < 4.78 is 0. The zero-order valence-electron chi connectivity index (χ0n) is 9.51. The minimum Gasteiger partial charge on any atom is -0.396 e. The molecular weight excluding hydrogens is 242 g/mol. The molecule has 3 heteroatoms. The zero-order chi connectivity index (χ0) is 10.8. The van der Waals surface area contributed by atoms with Gasteiger partial charge in [-0.05, 0) is 38.3 Å². The Balaban J connectivity index is 3.50. The Morgan fingerprint density at radius 3 is 2.50 bits per heavy atom. The van der Waals surface area contributed by atoms with Crippen LogP contribution < -0.4 is 0 Å². The molecule has 0 radical (unpaired) electrons. The number of rotatable bonds is 9. The van der Waals surface area contributed by atoms with Gasteiger partial charge in [-0.2, -0.15) is 0 Å². The Morgan fingerprint density at radius 1 is 1.29 bits per heavy atom. The van der Waals surface area contributed by atoms with Crippen LogP contribution in [0.25, 0.3) is 0 Å². The summed E-state index contributed by atoms with van der Waals surface area (Å²) in [4.78, 5) is 2.42. The fraction of sp³-hybridized carbons (Fsp3) is 1.00. The Morgan fingerprint density at radius 2 is 2.00 bits per heavy atom. The van der Waals surface area contributed by atoms with Gasteiger partial charge in [-0.25, -0.2) is 0 Å². The van der Waals surface area contributed by atoms with Crippen molar-refractivity contribution in [2.75, 3.05) is 31.6 Å². The van der Waals surface area contributed by atoms with Gasteiger partial charge in [-0.1, -0.05) is 29.8 Å². The summed E-state index contributed by atoms with van der Waals surface area (Å²) in [5.74, 6) is 0.803. The summed E-state index contributed by atoms with van der Waals surface area (Å²) >= 11 is 3.47. The summed E-state index contributed by atoms with van der Waals surface area (Å²) in [6.07, 6.45) is 3.43. The summed E-state index contributed by atoms with van der Waals surface area (Å²) in [6, 6.07) is 0. The first-order valence-corrected chi connectivity index (χ1v) is 6.75. The number of nitrogens with zero attached hydrogens (tertiary/aromatic N) is 1. The van der Waals surface area contributed by atoms with Crippen LogP contribution in [0.1, 0.15) is 33.1 Å². The van der Waals surface area contributed by atoms with E-state index in [-0.39, 0.29) is 0 Å². The zero-order valence-corrected chi connectivity index (χ0v) is 11.1. The molecule has 1 N–H and O–H groups in total. The topological polar surface area (TPSA) is 23.5 Å². The molecule has 0 aromatic heterocycles. The van der Waals surface area contributed by atoms with Crippen LogP contribution in [0.2, 0.25) is 0 Å². The van der Waals surface area contributed by atoms with Crippen molar-refractivity contribution in [3.05, 3.63) is 0 Å². The minimum atomic E-state index is 0.313. The highest BCUT2D eigenvalue weighted by Gasteiger charge is 2.05. The first kappa shape index (κ1) is 14.4. The van der Waals surface area contributed by atoms with E-state index in [1.165, 1.54) is 19.4 Å². The van der Waals surface area contributed by atoms with Crippen LogP contribution in [-0.4, -0.2) is 41.6 Å². The van der Waals surface area contributed by atoms with Gasteiger partial charge in [0.25, 0.3) is 0 Å². The van der Waals surface area contributed by atoms with Gasteiger partial charge in [0, 0.05) is 18.5 Å². The van der Waals surface area contributed by atoms with E-state index in [9.17, 15) is 0 Å². The third kappa shape index (κ3) is 7.77. The lowest BCUT2D eigenvalue weighted by molar-refractivity contribution is 0.221. The van der Waals surface area contributed by atoms with E-state index in [1.54, 1.807) is 0 Å². The van der Waals surface area contributed by atoms with Crippen molar-refractivity contribution < 1.29 is 5.11 Å². The highest BCUT2D eigenvalue weighted by atomic mass is 79.9. The Labute approximate surface area is 96.8 Å². The van der Waals surface area contributed by atoms with E-state index < -0.39 is 0 Å². The van der Waals surface area contributed by atoms with E-state index in [0.29, 0.717) is 6.61 Å². The molecule has 86 valence electrons. The molecule has 0 rings (SSSR count). The molecule has 0 aliphatic heterocycles. The highest BCUT2D eigenvalue weighted by Crippen LogP contribution is 2.10. The molecule has 0 bridgehead atoms. The fourth-order valence-electron chi connectivity index (χ4n) is 1.46. The summed E-state index contributed by atoms with van der Waals surface area (Å²) in [5, 5.41) is 9.85. The van der Waals surface area contributed by atoms with Gasteiger partial charge in [-0.3, -0.25) is 0 Å². The Hall–Kier alpha value is 0.400. The van der Waals surface area contributed by atoms with Gasteiger partial charge >= 0.3 is 0 Å². The summed E-state index contributed by atoms with van der Waals surface area (Å²) in [7, 11) is 0. The molecule has 0 aliphatic carbocycles. The Bertz CT molecular complexity index is 122. The van der Waals surface area contributed by atoms with Gasteiger partial charge in [-0.15, -0.1) is 0 Å². The second kappa shape index (κ2) is 9.94. The van der Waals surface area contributed by atoms with Crippen molar-refractivity contribution in [2.45, 2.75) is 33.1 Å². The third-order valence-electron chi connectivity index (χ3n) is 2.62. The molecule has 1 atom stereocenters. The second-order valence-corrected chi connectivity index (χ2v) is 4.68. The number of aliphatic hydroxyl groups is 1. The van der Waals surface area contributed by atoms with Crippen molar-refractivity contribution in [3.8, 4) is 0 Å². The minimum absolute atomic E-state index is 0.313. The largest absolute Gasteiger partial charge is 0.396 e. The first-order chi connectivity index (χ1) is 6.74. The molecule has 0 saturated heterocycles. The molecule has 0 fully saturated rings. The van der Waals surface area contributed by atoms with Crippen LogP contribution in [0.15, 0.2) is 0 Å². The maximum Gasteiger partial charge on any atom is 0.0443 e. The van der Waals surface area contributed by atoms with Gasteiger partial charge in [0.05, 0.1) is 0 Å². The SMILES string of the molecule is CCN(CCCO)CCC(C)CCBr. The van der Waals surface area contributed by atoms with Gasteiger partial charge in [0.15, 0.2) is 0 Å². The monoisotopic (exact) mass is 265 g/mol. The summed E-state index contributed by atoms with van der Waals surface area (Å²) in [6.45, 7) is 8.11. The number of hydrogen-bond donors (Lipinski definition) is 1. The second-order valence-electron chi connectivity index (χ2n) is 3.88. The molecule has 0 aromatic rings. The van der Waals surface area contributed by atoms with Crippen LogP contribution in [0.4, 0.5) is 0 Å². The number of alkyl halides is 1. The number of hydrogen-bond acceptors (Lipinski definition) is 2. The van der Waals surface area contributed by atoms with Crippen LogP contribution >= 0.6 is 15.9 Å². The summed E-state index contributed by atoms with van der Waals surface area (Å²) in [5.41, 5.74) is 0. The third-order valence-corrected chi connectivity index (χ3v) is 3.08. The molecule has 2 nitrogen and oxygen atoms in total. The average Bonchev–Trinajstić information content (AvgIpc) is 2.19. The van der Waals surface area contributed by atoms with Crippen LogP contribution in [0.3, 0.4) is 0 Å². The van der Waals surface area contributed by atoms with Gasteiger partial charge < -0.3 is 10.0 Å². The van der Waals surface area contributed by atoms with Crippen LogP contribution in [0, 0.1) is 5.92 Å². The standard InChI is InChI=1S/C11H24BrNO/c1-3-13(8-4-10-14)9-6-11(2)5-7-12/h11,14H,3-10H2,1-2H3. The van der Waals surface area contributed by atoms with Crippen molar-refractivity contribution >= 4 is 15.9 Å². The van der Waals surface area contributed by atoms with Crippen molar-refractivity contribution in [3.63, 3.8) is 0 Å². The average molecular weight is 266 g/mol. The van der Waals surface area contributed by atoms with Crippen molar-refractivity contribution in [1.82, 2.24) is 4.90 Å². The normalized spacial score (nSPS) is 13.5. The molecule has 0 aliphatic rings. The molecule has 14 heavy (non-hydrogen) atoms. The van der Waals surface area contributed by atoms with Crippen LogP contribution in [0.5, 0.6) is 0 Å². The molecule has 1 unspecified atom stereocenters. The quantitative estimate of drug-likeness (QED) is 0.648. The molecular formula is C11H24BrNO. The van der Waals surface area contributed by atoms with Crippen LogP contribution in [-0.2, 0) is 0 Å². The van der Waals surface area contributed by atoms with E-state index in [0.717, 1.165) is 30.8 Å². The van der Waals surface area contributed by atoms with Gasteiger partial charge in [0.2, 0.25) is 0 Å². The van der Waals surface area contributed by atoms with E-state index in [4.69, 9.17) is 5.11 Å². The maximum atomic E-state index is 8.74. The first-order valence-electron chi connectivity index (χ1n) is 5.63. The predicted octanol–water partition coefficient (Wildman–Crippen LogP) is 2.50. The van der Waals surface area contributed by atoms with Gasteiger partial charge in [0.1, 0.15) is 0 Å². The highest BCUT2D eigenvalue weighted by molar-refractivity contribution is 9.09. The van der Waals surface area contributed by atoms with E-state index in [2.05, 4.69) is 34.7 Å². The lowest BCUT2D eigenvalue weighted by Crippen LogP contribution is -2.27. The number of aliphatic hydroxyl groups excluding tert-OH is 1. The Kier molecular flexibility index (Phi) is 10.2. The van der Waals surface area contributed by atoms with Crippen molar-refractivity contribution in [2.24, 2.45) is 5.92 Å².